The summed E-state index contributed by atoms with van der Waals surface area (Å²) >= 11 is 0. The molecule has 0 aliphatic rings. The third kappa shape index (κ3) is 7.50. The normalized spacial score (nSPS) is 11.1. The maximum atomic E-state index is 13.2. The molecule has 0 aliphatic carbocycles. The lowest BCUT2D eigenvalue weighted by atomic mass is 9.89. The molecule has 4 heterocycles. The lowest BCUT2D eigenvalue weighted by Gasteiger charge is -2.00. The van der Waals surface area contributed by atoms with E-state index in [2.05, 4.69) is 10.2 Å². The number of rotatable bonds is 15. The summed E-state index contributed by atoms with van der Waals surface area (Å²) in [5, 5.41) is 12.4. The molecule has 0 unspecified atom stereocenters. The van der Waals surface area contributed by atoms with Gasteiger partial charge in [0.15, 0.2) is 23.2 Å². The molecule has 0 fully saturated rings. The van der Waals surface area contributed by atoms with Gasteiger partial charge in [0.1, 0.15) is 0 Å². The first kappa shape index (κ1) is 31.5. The van der Waals surface area contributed by atoms with Crippen molar-refractivity contribution >= 4 is 35.9 Å². The molecule has 11 nitrogen and oxygen atoms in total. The Hall–Kier alpha value is -4.45. The Balaban J connectivity index is 1.40. The number of anilines is 1. The SMILES string of the molecule is CCCCC(=O)c1cc(CC(=O)c2cc(CC(=O)c3nc(CC(=O)c4cc(NB(C)O)cn4C)cn3C)cn2C)cn1C. The molecule has 0 aliphatic heterocycles. The summed E-state index contributed by atoms with van der Waals surface area (Å²) in [5.41, 5.74) is 4.09. The molecule has 4 aromatic heterocycles. The lowest BCUT2D eigenvalue weighted by Crippen LogP contribution is -2.18. The predicted molar refractivity (Wildman–Crippen MR) is 165 cm³/mol. The zero-order valence-corrected chi connectivity index (χ0v) is 25.7. The van der Waals surface area contributed by atoms with Crippen LogP contribution >= 0.6 is 0 Å². The van der Waals surface area contributed by atoms with Gasteiger partial charge >= 0.3 is 7.05 Å². The second kappa shape index (κ2) is 13.2. The highest BCUT2D eigenvalue weighted by Gasteiger charge is 2.21. The zero-order chi connectivity index (χ0) is 31.4. The monoisotopic (exact) mass is 586 g/mol. The van der Waals surface area contributed by atoms with E-state index in [4.69, 9.17) is 0 Å². The van der Waals surface area contributed by atoms with E-state index in [1.807, 2.05) is 20.2 Å². The van der Waals surface area contributed by atoms with Crippen molar-refractivity contribution in [2.45, 2.75) is 52.3 Å². The van der Waals surface area contributed by atoms with Crippen LogP contribution in [0, 0.1) is 0 Å². The van der Waals surface area contributed by atoms with Gasteiger partial charge in [-0.2, -0.15) is 0 Å². The third-order valence-corrected chi connectivity index (χ3v) is 7.36. The summed E-state index contributed by atoms with van der Waals surface area (Å²) in [6.07, 6.45) is 9.45. The first-order valence-electron chi connectivity index (χ1n) is 14.4. The predicted octanol–water partition coefficient (Wildman–Crippen LogP) is 3.61. The van der Waals surface area contributed by atoms with Crippen LogP contribution in [0.15, 0.2) is 43.0 Å². The Morgan fingerprint density at radius 1 is 0.744 bits per heavy atom. The highest BCUT2D eigenvalue weighted by atomic mass is 16.2. The Kier molecular flexibility index (Phi) is 9.70. The van der Waals surface area contributed by atoms with Crippen LogP contribution in [0.5, 0.6) is 0 Å². The Morgan fingerprint density at radius 3 is 1.88 bits per heavy atom. The summed E-state index contributed by atoms with van der Waals surface area (Å²) in [7, 11) is 6.29. The number of aromatic nitrogens is 5. The van der Waals surface area contributed by atoms with Crippen LogP contribution in [0.4, 0.5) is 5.69 Å². The van der Waals surface area contributed by atoms with E-state index in [1.54, 1.807) is 83.0 Å². The molecule has 0 saturated heterocycles. The van der Waals surface area contributed by atoms with Crippen molar-refractivity contribution in [2.24, 2.45) is 28.2 Å². The zero-order valence-electron chi connectivity index (χ0n) is 25.7. The summed E-state index contributed by atoms with van der Waals surface area (Å²) in [5.74, 6) is -0.201. The highest BCUT2D eigenvalue weighted by molar-refractivity contribution is 6.52. The largest absolute Gasteiger partial charge is 0.433 e. The Labute approximate surface area is 251 Å². The van der Waals surface area contributed by atoms with Gasteiger partial charge < -0.3 is 28.5 Å². The fraction of sp³-hybridized carbons (Fsp3) is 0.387. The fourth-order valence-electron chi connectivity index (χ4n) is 5.31. The molecule has 0 atom stereocenters. The van der Waals surface area contributed by atoms with Crippen LogP contribution in [0.25, 0.3) is 0 Å². The number of carbonyl (C=O) groups excluding carboxylic acids is 4. The molecule has 226 valence electrons. The molecule has 4 aromatic rings. The van der Waals surface area contributed by atoms with Crippen LogP contribution in [0.1, 0.15) is 85.1 Å². The van der Waals surface area contributed by atoms with Gasteiger partial charge in [-0.25, -0.2) is 4.98 Å². The number of nitrogens with one attached hydrogen (secondary N) is 1. The number of ketones is 4. The van der Waals surface area contributed by atoms with Crippen LogP contribution in [-0.2, 0) is 47.5 Å². The number of hydrogen-bond donors (Lipinski definition) is 2. The van der Waals surface area contributed by atoms with Crippen LogP contribution in [0.3, 0.4) is 0 Å². The number of Topliss-reactive ketones (excluding diaryl/α,β-unsaturated/α-hetero) is 4. The molecule has 43 heavy (non-hydrogen) atoms. The molecule has 0 saturated carbocycles. The van der Waals surface area contributed by atoms with Gasteiger partial charge in [-0.1, -0.05) is 13.3 Å². The molecule has 0 aromatic carbocycles. The van der Waals surface area contributed by atoms with Crippen LogP contribution in [0.2, 0.25) is 6.82 Å². The number of unbranched alkanes of at least 4 members (excludes halogenated alkanes) is 1. The van der Waals surface area contributed by atoms with E-state index in [-0.39, 0.29) is 48.2 Å². The summed E-state index contributed by atoms with van der Waals surface area (Å²) in [6.45, 7) is 3.64. The van der Waals surface area contributed by atoms with E-state index < -0.39 is 7.05 Å². The maximum Gasteiger partial charge on any atom is 0.406 e. The third-order valence-electron chi connectivity index (χ3n) is 7.36. The van der Waals surface area contributed by atoms with E-state index in [0.717, 1.165) is 18.4 Å². The maximum absolute atomic E-state index is 13.2. The average molecular weight is 587 g/mol. The molecular weight excluding hydrogens is 547 g/mol. The minimum atomic E-state index is -0.752. The van der Waals surface area contributed by atoms with Crippen LogP contribution < -0.4 is 5.23 Å². The molecule has 2 N–H and O–H groups in total. The van der Waals surface area contributed by atoms with Crippen molar-refractivity contribution in [3.8, 4) is 0 Å². The Bertz CT molecular complexity index is 1670. The van der Waals surface area contributed by atoms with Crippen molar-refractivity contribution in [1.82, 2.24) is 23.3 Å². The van der Waals surface area contributed by atoms with Crippen molar-refractivity contribution in [1.29, 1.82) is 0 Å². The van der Waals surface area contributed by atoms with Gasteiger partial charge in [0.05, 0.1) is 29.2 Å². The molecule has 4 rings (SSSR count). The van der Waals surface area contributed by atoms with Gasteiger partial charge in [0.25, 0.3) is 0 Å². The number of imidazole rings is 1. The summed E-state index contributed by atoms with van der Waals surface area (Å²) < 4.78 is 6.78. The van der Waals surface area contributed by atoms with E-state index in [0.29, 0.717) is 40.4 Å². The first-order chi connectivity index (χ1) is 20.4. The van der Waals surface area contributed by atoms with Crippen molar-refractivity contribution < 1.29 is 24.2 Å². The second-order valence-electron chi connectivity index (χ2n) is 11.2. The molecule has 12 heteroatoms. The highest BCUT2D eigenvalue weighted by Crippen LogP contribution is 2.19. The van der Waals surface area contributed by atoms with E-state index >= 15 is 0 Å². The topological polar surface area (TPSA) is 133 Å². The second-order valence-corrected chi connectivity index (χ2v) is 11.2. The minimum absolute atomic E-state index is 0.0163. The van der Waals surface area contributed by atoms with Crippen molar-refractivity contribution in [2.75, 3.05) is 5.23 Å². The summed E-state index contributed by atoms with van der Waals surface area (Å²) in [4.78, 5) is 56.2. The number of carbonyl (C=O) groups is 4. The van der Waals surface area contributed by atoms with Gasteiger partial charge in [0, 0.05) is 77.9 Å². The van der Waals surface area contributed by atoms with E-state index in [9.17, 15) is 24.2 Å². The molecule has 0 bridgehead atoms. The van der Waals surface area contributed by atoms with Gasteiger partial charge in [-0.3, -0.25) is 19.2 Å². The average Bonchev–Trinajstić information content (AvgIpc) is 3.68. The van der Waals surface area contributed by atoms with Gasteiger partial charge in [0.2, 0.25) is 5.78 Å². The molecule has 0 amide bonds. The quantitative estimate of drug-likeness (QED) is 0.161. The van der Waals surface area contributed by atoms with Gasteiger partial charge in [-0.05, 0) is 42.6 Å². The van der Waals surface area contributed by atoms with Gasteiger partial charge in [-0.15, -0.1) is 0 Å². The smallest absolute Gasteiger partial charge is 0.406 e. The molecular formula is C31H39BN6O5. The minimum Gasteiger partial charge on any atom is -0.433 e. The summed E-state index contributed by atoms with van der Waals surface area (Å²) in [6, 6.07) is 5.18. The van der Waals surface area contributed by atoms with Crippen LogP contribution in [-0.4, -0.2) is 58.5 Å². The standard InChI is InChI=1S/C31H39BN6O5/c1-7-8-9-27(39)24-10-20(16-35(24)3)12-28(40)25-11-21(17-36(25)4)13-30(42)31-33-22(18-38(31)6)15-29(41)26-14-23(19-37(26)5)34-32(2)43/h10-11,14,16-19,34,43H,7-9,12-13,15H2,1-6H3. The lowest BCUT2D eigenvalue weighted by molar-refractivity contribution is 0.0966. The number of aryl methyl sites for hydroxylation is 4. The van der Waals surface area contributed by atoms with Crippen molar-refractivity contribution in [3.05, 3.63) is 82.7 Å². The van der Waals surface area contributed by atoms with Crippen molar-refractivity contribution in [3.63, 3.8) is 0 Å². The van der Waals surface area contributed by atoms with E-state index in [1.165, 1.54) is 0 Å². The first-order valence-corrected chi connectivity index (χ1v) is 14.4. The number of nitrogens with zero attached hydrogens (tertiary/aromatic N) is 5. The fourth-order valence-corrected chi connectivity index (χ4v) is 5.31. The molecule has 0 radical (unpaired) electrons. The molecule has 0 spiro atoms. The number of hydrogen-bond acceptors (Lipinski definition) is 7. The Morgan fingerprint density at radius 2 is 1.28 bits per heavy atom.